The van der Waals surface area contributed by atoms with E-state index in [1.165, 1.54) is 0 Å². The van der Waals surface area contributed by atoms with Gasteiger partial charge in [-0.3, -0.25) is 4.99 Å². The molecule has 0 aromatic rings. The molecule has 1 rings (SSSR count). The SMILES string of the molecule is CC(C)(C)C1=NCCN1.[HH]. The van der Waals surface area contributed by atoms with Gasteiger partial charge < -0.3 is 5.32 Å². The standard InChI is InChI=1S/C7H14N2.H2/c1-7(2,3)6-8-4-5-9-6;/h4-5H2,1-3H3,(H,8,9);1H. The molecular weight excluding hydrogens is 112 g/mol. The lowest BCUT2D eigenvalue weighted by Crippen LogP contribution is -2.31. The minimum absolute atomic E-state index is 0. The van der Waals surface area contributed by atoms with Crippen LogP contribution in [0.25, 0.3) is 0 Å². The van der Waals surface area contributed by atoms with Crippen molar-refractivity contribution in [3.63, 3.8) is 0 Å². The Morgan fingerprint density at radius 2 is 2.22 bits per heavy atom. The van der Waals surface area contributed by atoms with Crippen LogP contribution in [0.2, 0.25) is 0 Å². The Balaban J connectivity index is 0.000000810. The van der Waals surface area contributed by atoms with Crippen molar-refractivity contribution in [1.82, 2.24) is 5.32 Å². The number of nitrogens with zero attached hydrogens (tertiary/aromatic N) is 1. The highest BCUT2D eigenvalue weighted by atomic mass is 15.1. The average molecular weight is 128 g/mol. The molecule has 0 saturated carbocycles. The second kappa shape index (κ2) is 2.01. The topological polar surface area (TPSA) is 24.4 Å². The molecule has 2 nitrogen and oxygen atoms in total. The summed E-state index contributed by atoms with van der Waals surface area (Å²) in [4.78, 5) is 4.31. The summed E-state index contributed by atoms with van der Waals surface area (Å²) >= 11 is 0. The zero-order valence-electron chi connectivity index (χ0n) is 6.36. The van der Waals surface area contributed by atoms with E-state index in [0.717, 1.165) is 18.9 Å². The van der Waals surface area contributed by atoms with Crippen LogP contribution in [-0.4, -0.2) is 18.9 Å². The molecule has 54 valence electrons. The maximum Gasteiger partial charge on any atom is 0.102 e. The Labute approximate surface area is 57.9 Å². The molecule has 1 N–H and O–H groups in total. The minimum Gasteiger partial charge on any atom is -0.372 e. The Bertz CT molecular complexity index is 135. The van der Waals surface area contributed by atoms with Crippen molar-refractivity contribution in [2.45, 2.75) is 20.8 Å². The van der Waals surface area contributed by atoms with E-state index in [0.29, 0.717) is 0 Å². The van der Waals surface area contributed by atoms with E-state index in [9.17, 15) is 0 Å². The van der Waals surface area contributed by atoms with Gasteiger partial charge in [0.15, 0.2) is 0 Å². The van der Waals surface area contributed by atoms with Crippen LogP contribution in [-0.2, 0) is 0 Å². The van der Waals surface area contributed by atoms with Crippen molar-refractivity contribution in [2.75, 3.05) is 13.1 Å². The molecule has 0 fully saturated rings. The predicted molar refractivity (Wildman–Crippen MR) is 41.9 cm³/mol. The summed E-state index contributed by atoms with van der Waals surface area (Å²) in [7, 11) is 0. The molecule has 9 heavy (non-hydrogen) atoms. The number of nitrogens with one attached hydrogen (secondary N) is 1. The van der Waals surface area contributed by atoms with E-state index in [1.807, 2.05) is 0 Å². The number of rotatable bonds is 0. The lowest BCUT2D eigenvalue weighted by atomic mass is 9.95. The quantitative estimate of drug-likeness (QED) is 0.522. The van der Waals surface area contributed by atoms with Gasteiger partial charge in [0.2, 0.25) is 0 Å². The molecular formula is C7H16N2. The predicted octanol–water partition coefficient (Wildman–Crippen LogP) is 1.28. The first kappa shape index (κ1) is 6.59. The summed E-state index contributed by atoms with van der Waals surface area (Å²) in [5.74, 6) is 1.16. The largest absolute Gasteiger partial charge is 0.372 e. The second-order valence-electron chi connectivity index (χ2n) is 3.41. The molecule has 0 bridgehead atoms. The Hall–Kier alpha value is -0.530. The highest BCUT2D eigenvalue weighted by molar-refractivity contribution is 5.88. The molecule has 0 aromatic heterocycles. The minimum atomic E-state index is 0. The zero-order valence-corrected chi connectivity index (χ0v) is 6.36. The van der Waals surface area contributed by atoms with Crippen molar-refractivity contribution in [1.29, 1.82) is 0 Å². The van der Waals surface area contributed by atoms with Crippen LogP contribution >= 0.6 is 0 Å². The van der Waals surface area contributed by atoms with Gasteiger partial charge in [-0.1, -0.05) is 20.8 Å². The first-order valence-electron chi connectivity index (χ1n) is 3.39. The van der Waals surface area contributed by atoms with Crippen molar-refractivity contribution in [3.8, 4) is 0 Å². The van der Waals surface area contributed by atoms with E-state index in [4.69, 9.17) is 0 Å². The summed E-state index contributed by atoms with van der Waals surface area (Å²) in [6.45, 7) is 8.48. The second-order valence-corrected chi connectivity index (χ2v) is 3.41. The van der Waals surface area contributed by atoms with Gasteiger partial charge in [0.1, 0.15) is 5.84 Å². The molecule has 0 unspecified atom stereocenters. The average Bonchev–Trinajstić information content (AvgIpc) is 2.08. The molecule has 1 aliphatic heterocycles. The fourth-order valence-electron chi connectivity index (χ4n) is 0.900. The van der Waals surface area contributed by atoms with Crippen LogP contribution in [0.1, 0.15) is 22.2 Å². The molecule has 0 saturated heterocycles. The molecule has 0 radical (unpaired) electrons. The Morgan fingerprint density at radius 1 is 1.56 bits per heavy atom. The maximum absolute atomic E-state index is 4.31. The molecule has 0 amide bonds. The number of aliphatic imine (C=N–C) groups is 1. The third kappa shape index (κ3) is 1.44. The molecule has 2 heteroatoms. The van der Waals surface area contributed by atoms with Crippen LogP contribution in [0.3, 0.4) is 0 Å². The van der Waals surface area contributed by atoms with Gasteiger partial charge in [-0.25, -0.2) is 0 Å². The van der Waals surface area contributed by atoms with Gasteiger partial charge in [0.25, 0.3) is 0 Å². The first-order chi connectivity index (χ1) is 4.11. The smallest absolute Gasteiger partial charge is 0.102 e. The van der Waals surface area contributed by atoms with Crippen LogP contribution in [0.4, 0.5) is 0 Å². The fraction of sp³-hybridized carbons (Fsp3) is 0.857. The van der Waals surface area contributed by atoms with Crippen LogP contribution < -0.4 is 5.32 Å². The van der Waals surface area contributed by atoms with Gasteiger partial charge in [-0.2, -0.15) is 0 Å². The van der Waals surface area contributed by atoms with Crippen LogP contribution in [0, 0.1) is 5.41 Å². The summed E-state index contributed by atoms with van der Waals surface area (Å²) in [6, 6.07) is 0. The molecule has 0 spiro atoms. The molecule has 0 aromatic carbocycles. The van der Waals surface area contributed by atoms with E-state index < -0.39 is 0 Å². The number of hydrogen-bond donors (Lipinski definition) is 1. The third-order valence-corrected chi connectivity index (χ3v) is 1.38. The van der Waals surface area contributed by atoms with Gasteiger partial charge in [0, 0.05) is 13.4 Å². The lowest BCUT2D eigenvalue weighted by Gasteiger charge is -2.18. The van der Waals surface area contributed by atoms with Crippen molar-refractivity contribution < 1.29 is 1.43 Å². The van der Waals surface area contributed by atoms with Crippen molar-refractivity contribution in [2.24, 2.45) is 10.4 Å². The highest BCUT2D eigenvalue weighted by Gasteiger charge is 2.20. The third-order valence-electron chi connectivity index (χ3n) is 1.38. The molecule has 1 aliphatic rings. The highest BCUT2D eigenvalue weighted by Crippen LogP contribution is 2.15. The van der Waals surface area contributed by atoms with Crippen molar-refractivity contribution in [3.05, 3.63) is 0 Å². The summed E-state index contributed by atoms with van der Waals surface area (Å²) < 4.78 is 0. The van der Waals surface area contributed by atoms with E-state index in [-0.39, 0.29) is 6.84 Å². The summed E-state index contributed by atoms with van der Waals surface area (Å²) in [5, 5.41) is 3.25. The number of amidine groups is 1. The van der Waals surface area contributed by atoms with Crippen LogP contribution in [0.15, 0.2) is 4.99 Å². The molecule has 0 aliphatic carbocycles. The monoisotopic (exact) mass is 128 g/mol. The van der Waals surface area contributed by atoms with Gasteiger partial charge in [0.05, 0.1) is 6.54 Å². The van der Waals surface area contributed by atoms with E-state index in [2.05, 4.69) is 31.1 Å². The summed E-state index contributed by atoms with van der Waals surface area (Å²) in [6.07, 6.45) is 0. The zero-order chi connectivity index (χ0) is 6.91. The van der Waals surface area contributed by atoms with E-state index in [1.54, 1.807) is 0 Å². The Morgan fingerprint density at radius 3 is 2.44 bits per heavy atom. The molecule has 1 heterocycles. The van der Waals surface area contributed by atoms with Gasteiger partial charge in [-0.05, 0) is 0 Å². The lowest BCUT2D eigenvalue weighted by molar-refractivity contribution is 0.575. The van der Waals surface area contributed by atoms with E-state index >= 15 is 0 Å². The van der Waals surface area contributed by atoms with Crippen molar-refractivity contribution >= 4 is 5.84 Å². The number of hydrogen-bond acceptors (Lipinski definition) is 2. The van der Waals surface area contributed by atoms with Crippen LogP contribution in [0.5, 0.6) is 0 Å². The summed E-state index contributed by atoms with van der Waals surface area (Å²) in [5.41, 5.74) is 0.219. The fourth-order valence-corrected chi connectivity index (χ4v) is 0.900. The van der Waals surface area contributed by atoms with Gasteiger partial charge >= 0.3 is 0 Å². The van der Waals surface area contributed by atoms with Gasteiger partial charge in [-0.15, -0.1) is 0 Å². The molecule has 0 atom stereocenters. The first-order valence-corrected chi connectivity index (χ1v) is 3.39. The normalized spacial score (nSPS) is 19.2. The Kier molecular flexibility index (Phi) is 1.47. The maximum atomic E-state index is 4.31.